The molecule has 1 atom stereocenters. The Morgan fingerprint density at radius 3 is 2.50 bits per heavy atom. The van der Waals surface area contributed by atoms with E-state index in [1.807, 2.05) is 6.92 Å². The highest BCUT2D eigenvalue weighted by atomic mass is 16.2. The lowest BCUT2D eigenvalue weighted by Crippen LogP contribution is -2.43. The highest BCUT2D eigenvalue weighted by Gasteiger charge is 2.34. The fourth-order valence-electron chi connectivity index (χ4n) is 3.21. The maximum Gasteiger partial charge on any atom is 0.222 e. The summed E-state index contributed by atoms with van der Waals surface area (Å²) in [6, 6.07) is 0.557. The van der Waals surface area contributed by atoms with Crippen molar-refractivity contribution in [1.82, 2.24) is 9.80 Å². The van der Waals surface area contributed by atoms with Gasteiger partial charge < -0.3 is 9.80 Å². The summed E-state index contributed by atoms with van der Waals surface area (Å²) >= 11 is 0. The summed E-state index contributed by atoms with van der Waals surface area (Å²) in [4.78, 5) is 16.4. The molecular weight excluding hydrogens is 200 g/mol. The summed E-state index contributed by atoms with van der Waals surface area (Å²) in [6.45, 7) is 5.39. The average Bonchev–Trinajstić information content (AvgIpc) is 2.78. The minimum atomic E-state index is 0.362. The molecule has 0 saturated carbocycles. The van der Waals surface area contributed by atoms with E-state index in [0.29, 0.717) is 18.4 Å². The van der Waals surface area contributed by atoms with Crippen molar-refractivity contribution in [2.24, 2.45) is 5.92 Å². The Balaban J connectivity index is 1.94. The molecule has 1 amide bonds. The van der Waals surface area contributed by atoms with Gasteiger partial charge in [0.15, 0.2) is 0 Å². The molecule has 1 unspecified atom stereocenters. The van der Waals surface area contributed by atoms with E-state index in [4.69, 9.17) is 0 Å². The molecule has 0 radical (unpaired) electrons. The maximum absolute atomic E-state index is 11.8. The normalized spacial score (nSPS) is 28.6. The van der Waals surface area contributed by atoms with Crippen molar-refractivity contribution in [3.63, 3.8) is 0 Å². The van der Waals surface area contributed by atoms with Gasteiger partial charge in [0.2, 0.25) is 5.91 Å². The van der Waals surface area contributed by atoms with Crippen LogP contribution in [0.1, 0.15) is 39.0 Å². The van der Waals surface area contributed by atoms with Crippen LogP contribution < -0.4 is 0 Å². The van der Waals surface area contributed by atoms with Gasteiger partial charge in [-0.3, -0.25) is 4.79 Å². The Kier molecular flexibility index (Phi) is 3.85. The van der Waals surface area contributed by atoms with Crippen LogP contribution in [-0.4, -0.2) is 48.4 Å². The second kappa shape index (κ2) is 5.17. The third-order valence-electron chi connectivity index (χ3n) is 4.23. The van der Waals surface area contributed by atoms with E-state index < -0.39 is 0 Å². The Morgan fingerprint density at radius 1 is 1.19 bits per heavy atom. The van der Waals surface area contributed by atoms with Gasteiger partial charge in [0, 0.05) is 19.0 Å². The molecule has 0 aromatic carbocycles. The van der Waals surface area contributed by atoms with Gasteiger partial charge >= 0.3 is 0 Å². The van der Waals surface area contributed by atoms with Gasteiger partial charge in [-0.1, -0.05) is 6.92 Å². The standard InChI is InChI=1S/C13H24N2O/c1-3-13(16)15-8-4-5-12(15)11-6-9-14(2)10-7-11/h11-12H,3-10H2,1-2H3. The van der Waals surface area contributed by atoms with E-state index in [0.717, 1.165) is 12.5 Å². The number of hydrogen-bond acceptors (Lipinski definition) is 2. The van der Waals surface area contributed by atoms with Gasteiger partial charge in [0.25, 0.3) is 0 Å². The van der Waals surface area contributed by atoms with Crippen LogP contribution in [0.2, 0.25) is 0 Å². The van der Waals surface area contributed by atoms with Gasteiger partial charge in [-0.2, -0.15) is 0 Å². The summed E-state index contributed by atoms with van der Waals surface area (Å²) in [6.07, 6.45) is 5.66. The number of hydrogen-bond donors (Lipinski definition) is 0. The number of carbonyl (C=O) groups excluding carboxylic acids is 1. The number of likely N-dealkylation sites (tertiary alicyclic amines) is 2. The zero-order valence-corrected chi connectivity index (χ0v) is 10.6. The number of rotatable bonds is 2. The fourth-order valence-corrected chi connectivity index (χ4v) is 3.21. The molecule has 0 aliphatic carbocycles. The number of piperidine rings is 1. The number of carbonyl (C=O) groups is 1. The van der Waals surface area contributed by atoms with Crippen LogP contribution in [0, 0.1) is 5.92 Å². The molecule has 0 N–H and O–H groups in total. The molecule has 2 fully saturated rings. The van der Waals surface area contributed by atoms with Gasteiger partial charge in [0.05, 0.1) is 0 Å². The molecule has 2 aliphatic heterocycles. The molecular formula is C13H24N2O. The molecule has 0 bridgehead atoms. The van der Waals surface area contributed by atoms with Crippen molar-refractivity contribution in [3.8, 4) is 0 Å². The summed E-state index contributed by atoms with van der Waals surface area (Å²) in [5, 5.41) is 0. The van der Waals surface area contributed by atoms with Crippen LogP contribution >= 0.6 is 0 Å². The second-order valence-electron chi connectivity index (χ2n) is 5.29. The van der Waals surface area contributed by atoms with E-state index in [1.54, 1.807) is 0 Å². The lowest BCUT2D eigenvalue weighted by atomic mass is 9.88. The minimum absolute atomic E-state index is 0.362. The summed E-state index contributed by atoms with van der Waals surface area (Å²) in [5.74, 6) is 1.12. The molecule has 2 heterocycles. The Labute approximate surface area is 98.8 Å². The predicted octanol–water partition coefficient (Wildman–Crippen LogP) is 1.73. The van der Waals surface area contributed by atoms with Crippen LogP contribution in [0.25, 0.3) is 0 Å². The highest BCUT2D eigenvalue weighted by Crippen LogP contribution is 2.31. The molecule has 2 aliphatic rings. The Morgan fingerprint density at radius 2 is 1.88 bits per heavy atom. The monoisotopic (exact) mass is 224 g/mol. The zero-order chi connectivity index (χ0) is 11.5. The van der Waals surface area contributed by atoms with E-state index in [9.17, 15) is 4.79 Å². The summed E-state index contributed by atoms with van der Waals surface area (Å²) in [7, 11) is 2.19. The Bertz CT molecular complexity index is 246. The smallest absolute Gasteiger partial charge is 0.222 e. The average molecular weight is 224 g/mol. The first kappa shape index (κ1) is 11.9. The molecule has 3 heteroatoms. The molecule has 92 valence electrons. The Hall–Kier alpha value is -0.570. The number of amides is 1. The number of nitrogens with zero attached hydrogens (tertiary/aromatic N) is 2. The first-order valence-electron chi connectivity index (χ1n) is 6.70. The molecule has 0 aromatic heterocycles. The van der Waals surface area contributed by atoms with Crippen molar-refractivity contribution < 1.29 is 4.79 Å². The van der Waals surface area contributed by atoms with E-state index in [2.05, 4.69) is 16.8 Å². The maximum atomic E-state index is 11.8. The lowest BCUT2D eigenvalue weighted by molar-refractivity contribution is -0.132. The van der Waals surface area contributed by atoms with Crippen LogP contribution in [0.4, 0.5) is 0 Å². The minimum Gasteiger partial charge on any atom is -0.339 e. The lowest BCUT2D eigenvalue weighted by Gasteiger charge is -2.36. The predicted molar refractivity (Wildman–Crippen MR) is 65.2 cm³/mol. The van der Waals surface area contributed by atoms with Crippen LogP contribution in [-0.2, 0) is 4.79 Å². The van der Waals surface area contributed by atoms with Crippen molar-refractivity contribution >= 4 is 5.91 Å². The molecule has 3 nitrogen and oxygen atoms in total. The van der Waals surface area contributed by atoms with E-state index in [1.165, 1.54) is 38.8 Å². The largest absolute Gasteiger partial charge is 0.339 e. The fraction of sp³-hybridized carbons (Fsp3) is 0.923. The van der Waals surface area contributed by atoms with Crippen LogP contribution in [0.3, 0.4) is 0 Å². The molecule has 16 heavy (non-hydrogen) atoms. The van der Waals surface area contributed by atoms with Crippen LogP contribution in [0.5, 0.6) is 0 Å². The van der Waals surface area contributed by atoms with E-state index in [-0.39, 0.29) is 0 Å². The second-order valence-corrected chi connectivity index (χ2v) is 5.29. The van der Waals surface area contributed by atoms with Crippen molar-refractivity contribution in [2.45, 2.75) is 45.1 Å². The molecule has 2 saturated heterocycles. The highest BCUT2D eigenvalue weighted by molar-refractivity contribution is 5.76. The topological polar surface area (TPSA) is 23.6 Å². The third kappa shape index (κ3) is 2.40. The van der Waals surface area contributed by atoms with Crippen LogP contribution in [0.15, 0.2) is 0 Å². The first-order valence-corrected chi connectivity index (χ1v) is 6.70. The van der Waals surface area contributed by atoms with Gasteiger partial charge in [-0.25, -0.2) is 0 Å². The SMILES string of the molecule is CCC(=O)N1CCCC1C1CCN(C)CC1. The zero-order valence-electron chi connectivity index (χ0n) is 10.6. The summed E-state index contributed by atoms with van der Waals surface area (Å²) < 4.78 is 0. The molecule has 0 spiro atoms. The van der Waals surface area contributed by atoms with Gasteiger partial charge in [0.1, 0.15) is 0 Å². The van der Waals surface area contributed by atoms with Gasteiger partial charge in [-0.15, -0.1) is 0 Å². The molecule has 0 aromatic rings. The van der Waals surface area contributed by atoms with Crippen molar-refractivity contribution in [3.05, 3.63) is 0 Å². The first-order chi connectivity index (χ1) is 7.72. The van der Waals surface area contributed by atoms with Crippen molar-refractivity contribution in [2.75, 3.05) is 26.7 Å². The van der Waals surface area contributed by atoms with Crippen molar-refractivity contribution in [1.29, 1.82) is 0 Å². The quantitative estimate of drug-likeness (QED) is 0.713. The third-order valence-corrected chi connectivity index (χ3v) is 4.23. The molecule has 2 rings (SSSR count). The van der Waals surface area contributed by atoms with E-state index >= 15 is 0 Å². The van der Waals surface area contributed by atoms with Gasteiger partial charge in [-0.05, 0) is 51.7 Å². The summed E-state index contributed by atoms with van der Waals surface area (Å²) in [5.41, 5.74) is 0.